The van der Waals surface area contributed by atoms with Gasteiger partial charge in [0, 0.05) is 28.7 Å². The first-order valence-corrected chi connectivity index (χ1v) is 16.1. The molecule has 0 fully saturated rings. The molecule has 0 atom stereocenters. The maximum Gasteiger partial charge on any atom is 0.303 e. The van der Waals surface area contributed by atoms with Gasteiger partial charge < -0.3 is 5.11 Å². The first-order valence-electron chi connectivity index (χ1n) is 16.1. The van der Waals surface area contributed by atoms with E-state index < -0.39 is 5.97 Å². The Morgan fingerprint density at radius 3 is 0.975 bits per heavy atom. The van der Waals surface area contributed by atoms with Gasteiger partial charge in [-0.15, -0.1) is 0 Å². The van der Waals surface area contributed by atoms with E-state index in [1.807, 2.05) is 0 Å². The van der Waals surface area contributed by atoms with Crippen LogP contribution in [0.2, 0.25) is 0 Å². The number of unbranched alkanes of at least 4 members (excludes halogenated alkanes) is 18. The van der Waals surface area contributed by atoms with Crippen molar-refractivity contribution in [1.29, 1.82) is 0 Å². The predicted octanol–water partition coefficient (Wildman–Crippen LogP) is 10.4. The number of rotatable bonds is 20. The summed E-state index contributed by atoms with van der Waals surface area (Å²) >= 11 is 0. The smallest absolute Gasteiger partial charge is 0.303 e. The van der Waals surface area contributed by atoms with Crippen LogP contribution in [0.25, 0.3) is 0 Å². The van der Waals surface area contributed by atoms with E-state index in [0.29, 0.717) is 28.7 Å². The second kappa shape index (κ2) is 21.1. The zero-order chi connectivity index (χ0) is 28.8. The highest BCUT2D eigenvalue weighted by Gasteiger charge is 2.28. The number of ketones is 2. The number of carboxylic acid groups (broad SMARTS) is 1. The number of fused-ring (bicyclic) bond motifs is 2. The second-order valence-electron chi connectivity index (χ2n) is 11.3. The molecule has 4 nitrogen and oxygen atoms in total. The first kappa shape index (κ1) is 33.5. The van der Waals surface area contributed by atoms with Crippen molar-refractivity contribution in [3.8, 4) is 0 Å². The Labute approximate surface area is 243 Å². The normalized spacial score (nSPS) is 11.9. The number of hydrogen-bond acceptors (Lipinski definition) is 3. The van der Waals surface area contributed by atoms with E-state index in [1.54, 1.807) is 48.5 Å². The Balaban J connectivity index is 0.000000299. The van der Waals surface area contributed by atoms with Crippen LogP contribution < -0.4 is 0 Å². The van der Waals surface area contributed by atoms with Crippen molar-refractivity contribution in [3.63, 3.8) is 0 Å². The molecule has 2 aromatic rings. The minimum absolute atomic E-state index is 0.0641. The van der Waals surface area contributed by atoms with Gasteiger partial charge in [-0.05, 0) is 6.42 Å². The molecule has 0 bridgehead atoms. The number of benzene rings is 2. The van der Waals surface area contributed by atoms with Gasteiger partial charge in [0.25, 0.3) is 0 Å². The number of hydrogen-bond donors (Lipinski definition) is 1. The largest absolute Gasteiger partial charge is 0.481 e. The number of aliphatic carboxylic acids is 1. The van der Waals surface area contributed by atoms with Gasteiger partial charge >= 0.3 is 5.97 Å². The topological polar surface area (TPSA) is 71.4 Å². The van der Waals surface area contributed by atoms with E-state index in [9.17, 15) is 14.4 Å². The maximum absolute atomic E-state index is 12.1. The third-order valence-corrected chi connectivity index (χ3v) is 7.83. The van der Waals surface area contributed by atoms with E-state index >= 15 is 0 Å². The first-order chi connectivity index (χ1) is 19.6. The molecule has 1 aliphatic carbocycles. The molecule has 0 unspecified atom stereocenters. The third kappa shape index (κ3) is 13.1. The molecule has 0 heterocycles. The van der Waals surface area contributed by atoms with Crippen LogP contribution >= 0.6 is 0 Å². The fourth-order valence-corrected chi connectivity index (χ4v) is 5.40. The van der Waals surface area contributed by atoms with Gasteiger partial charge in [-0.25, -0.2) is 0 Å². The Bertz CT molecular complexity index is 904. The van der Waals surface area contributed by atoms with Crippen LogP contribution in [-0.2, 0) is 4.79 Å². The summed E-state index contributed by atoms with van der Waals surface area (Å²) in [6.07, 6.45) is 26.1. The number of carbonyl (C=O) groups is 3. The summed E-state index contributed by atoms with van der Waals surface area (Å²) in [5.41, 5.74) is 2.02. The summed E-state index contributed by atoms with van der Waals surface area (Å²) in [4.78, 5) is 34.6. The summed E-state index contributed by atoms with van der Waals surface area (Å²) in [7, 11) is 0. The lowest BCUT2D eigenvalue weighted by molar-refractivity contribution is -0.137. The van der Waals surface area contributed by atoms with Gasteiger partial charge in [0.15, 0.2) is 11.6 Å². The average molecular weight is 549 g/mol. The van der Waals surface area contributed by atoms with Crippen molar-refractivity contribution in [2.75, 3.05) is 0 Å². The Morgan fingerprint density at radius 1 is 0.475 bits per heavy atom. The fraction of sp³-hybridized carbons (Fsp3) is 0.583. The predicted molar refractivity (Wildman–Crippen MR) is 165 cm³/mol. The highest BCUT2D eigenvalue weighted by Crippen LogP contribution is 2.26. The SMILES string of the molecule is CCCCCCCCCCCCCCCCCCCCCC(=O)O.O=C1c2ccccc2C(=O)c2ccccc21. The fourth-order valence-electron chi connectivity index (χ4n) is 5.40. The summed E-state index contributed by atoms with van der Waals surface area (Å²) in [6.45, 7) is 2.28. The Hall–Kier alpha value is -2.75. The van der Waals surface area contributed by atoms with Crippen molar-refractivity contribution in [3.05, 3.63) is 70.8 Å². The van der Waals surface area contributed by atoms with Gasteiger partial charge in [-0.3, -0.25) is 14.4 Å². The van der Waals surface area contributed by atoms with Crippen molar-refractivity contribution < 1.29 is 19.5 Å². The second-order valence-corrected chi connectivity index (χ2v) is 11.3. The molecule has 0 saturated heterocycles. The van der Waals surface area contributed by atoms with Gasteiger partial charge in [0.05, 0.1) is 0 Å². The summed E-state index contributed by atoms with van der Waals surface area (Å²) < 4.78 is 0. The molecule has 1 aliphatic rings. The molecule has 0 radical (unpaired) electrons. The summed E-state index contributed by atoms with van der Waals surface area (Å²) in [6, 6.07) is 13.9. The lowest BCUT2D eigenvalue weighted by atomic mass is 9.84. The minimum atomic E-state index is -0.651. The van der Waals surface area contributed by atoms with Crippen LogP contribution in [0.4, 0.5) is 0 Å². The molecule has 0 aromatic heterocycles. The van der Waals surface area contributed by atoms with Gasteiger partial charge in [-0.1, -0.05) is 171 Å². The number of carbonyl (C=O) groups excluding carboxylic acids is 2. The van der Waals surface area contributed by atoms with E-state index in [-0.39, 0.29) is 11.6 Å². The third-order valence-electron chi connectivity index (χ3n) is 7.83. The molecular weight excluding hydrogens is 496 g/mol. The Kier molecular flexibility index (Phi) is 17.6. The zero-order valence-electron chi connectivity index (χ0n) is 24.9. The monoisotopic (exact) mass is 548 g/mol. The molecule has 0 spiro atoms. The van der Waals surface area contributed by atoms with E-state index in [4.69, 9.17) is 5.11 Å². The van der Waals surface area contributed by atoms with Crippen molar-refractivity contribution >= 4 is 17.5 Å². The van der Waals surface area contributed by atoms with Crippen LogP contribution in [-0.4, -0.2) is 22.6 Å². The molecule has 2 aromatic carbocycles. The van der Waals surface area contributed by atoms with E-state index in [2.05, 4.69) is 6.92 Å². The average Bonchev–Trinajstić information content (AvgIpc) is 2.97. The van der Waals surface area contributed by atoms with Crippen molar-refractivity contribution in [2.45, 2.75) is 135 Å². The quantitative estimate of drug-likeness (QED) is 0.143. The standard InChI is InChI=1S/C22H44O2.C14H8O2/c1-2-3-4-5-6-7-8-9-10-11-12-13-14-15-16-17-18-19-20-21-22(23)24;15-13-9-5-1-2-6-10(9)14(16)12-8-4-3-7-11(12)13/h2-21H2,1H3,(H,23,24);1-8H. The molecule has 0 amide bonds. The Morgan fingerprint density at radius 2 is 0.725 bits per heavy atom. The lowest BCUT2D eigenvalue weighted by Gasteiger charge is -2.16. The zero-order valence-corrected chi connectivity index (χ0v) is 24.9. The van der Waals surface area contributed by atoms with Crippen molar-refractivity contribution in [1.82, 2.24) is 0 Å². The van der Waals surface area contributed by atoms with Gasteiger partial charge in [-0.2, -0.15) is 0 Å². The molecule has 0 aliphatic heterocycles. The highest BCUT2D eigenvalue weighted by atomic mass is 16.4. The summed E-state index contributed by atoms with van der Waals surface area (Å²) in [5, 5.41) is 8.56. The molecule has 3 rings (SSSR count). The molecular formula is C36H52O4. The van der Waals surface area contributed by atoms with Crippen LogP contribution in [0, 0.1) is 0 Å². The van der Waals surface area contributed by atoms with Crippen LogP contribution in [0.3, 0.4) is 0 Å². The van der Waals surface area contributed by atoms with Crippen LogP contribution in [0.5, 0.6) is 0 Å². The summed E-state index contributed by atoms with van der Waals surface area (Å²) in [5.74, 6) is -0.779. The highest BCUT2D eigenvalue weighted by molar-refractivity contribution is 6.28. The minimum Gasteiger partial charge on any atom is -0.481 e. The molecule has 0 saturated carbocycles. The van der Waals surface area contributed by atoms with Gasteiger partial charge in [0.1, 0.15) is 0 Å². The molecule has 4 heteroatoms. The van der Waals surface area contributed by atoms with E-state index in [1.165, 1.54) is 109 Å². The lowest BCUT2D eigenvalue weighted by Crippen LogP contribution is -2.20. The molecule has 220 valence electrons. The van der Waals surface area contributed by atoms with Crippen LogP contribution in [0.1, 0.15) is 167 Å². The van der Waals surface area contributed by atoms with Crippen molar-refractivity contribution in [2.24, 2.45) is 0 Å². The van der Waals surface area contributed by atoms with Gasteiger partial charge in [0.2, 0.25) is 0 Å². The number of carboxylic acids is 1. The molecule has 40 heavy (non-hydrogen) atoms. The van der Waals surface area contributed by atoms with Crippen LogP contribution in [0.15, 0.2) is 48.5 Å². The molecule has 1 N–H and O–H groups in total. The maximum atomic E-state index is 12.1. The van der Waals surface area contributed by atoms with E-state index in [0.717, 1.165) is 12.8 Å².